The second kappa shape index (κ2) is 6.40. The molecule has 0 radical (unpaired) electrons. The third-order valence-corrected chi connectivity index (χ3v) is 3.10. The number of pyridine rings is 1. The number of nitrogens with zero attached hydrogens (tertiary/aromatic N) is 2. The highest BCUT2D eigenvalue weighted by molar-refractivity contribution is 6.29. The average molecular weight is 262 g/mol. The Morgan fingerprint density at radius 2 is 2.38 bits per heavy atom. The number of rotatable bonds is 3. The highest BCUT2D eigenvalue weighted by atomic mass is 35.5. The van der Waals surface area contributed by atoms with Crippen LogP contribution in [0.25, 0.3) is 0 Å². The summed E-state index contributed by atoms with van der Waals surface area (Å²) in [5.41, 5.74) is 1.22. The fraction of sp³-hybridized carbons (Fsp3) is 0.545. The second-order valence-electron chi connectivity index (χ2n) is 4.05. The first-order valence-corrected chi connectivity index (χ1v) is 5.65. The Balaban J connectivity index is 0.00000128. The zero-order valence-electron chi connectivity index (χ0n) is 9.32. The lowest BCUT2D eigenvalue weighted by atomic mass is 10.2. The molecule has 0 saturated carbocycles. The lowest BCUT2D eigenvalue weighted by Gasteiger charge is -2.23. The van der Waals surface area contributed by atoms with Gasteiger partial charge in [-0.25, -0.2) is 4.98 Å². The smallest absolute Gasteiger partial charge is 0.129 e. The molecular formula is C11H17Cl2N3. The highest BCUT2D eigenvalue weighted by Crippen LogP contribution is 2.12. The minimum absolute atomic E-state index is 0. The molecule has 3 nitrogen and oxygen atoms in total. The summed E-state index contributed by atoms with van der Waals surface area (Å²) in [4.78, 5) is 6.45. The summed E-state index contributed by atoms with van der Waals surface area (Å²) in [6.07, 6.45) is 3.08. The van der Waals surface area contributed by atoms with Crippen LogP contribution < -0.4 is 5.32 Å². The van der Waals surface area contributed by atoms with E-state index in [0.717, 1.165) is 19.6 Å². The molecule has 1 aliphatic rings. The summed E-state index contributed by atoms with van der Waals surface area (Å²) in [5.74, 6) is 0. The van der Waals surface area contributed by atoms with Crippen molar-refractivity contribution in [3.05, 3.63) is 29.0 Å². The first-order valence-electron chi connectivity index (χ1n) is 5.27. The summed E-state index contributed by atoms with van der Waals surface area (Å²) in [6.45, 7) is 3.17. The largest absolute Gasteiger partial charge is 0.315 e. The van der Waals surface area contributed by atoms with Gasteiger partial charge in [0.2, 0.25) is 0 Å². The van der Waals surface area contributed by atoms with E-state index >= 15 is 0 Å². The van der Waals surface area contributed by atoms with Gasteiger partial charge in [-0.1, -0.05) is 17.7 Å². The highest BCUT2D eigenvalue weighted by Gasteiger charge is 2.18. The van der Waals surface area contributed by atoms with E-state index in [4.69, 9.17) is 11.6 Å². The van der Waals surface area contributed by atoms with E-state index in [1.54, 1.807) is 0 Å². The number of halogens is 2. The van der Waals surface area contributed by atoms with Crippen molar-refractivity contribution in [1.82, 2.24) is 15.2 Å². The quantitative estimate of drug-likeness (QED) is 0.844. The van der Waals surface area contributed by atoms with Crippen molar-refractivity contribution >= 4 is 24.0 Å². The molecule has 1 N–H and O–H groups in total. The van der Waals surface area contributed by atoms with Gasteiger partial charge in [0, 0.05) is 25.3 Å². The van der Waals surface area contributed by atoms with E-state index in [9.17, 15) is 0 Å². The molecule has 0 spiro atoms. The Labute approximate surface area is 108 Å². The lowest BCUT2D eigenvalue weighted by Crippen LogP contribution is -2.32. The van der Waals surface area contributed by atoms with Crippen molar-refractivity contribution in [3.63, 3.8) is 0 Å². The predicted octanol–water partition coefficient (Wildman–Crippen LogP) is 1.95. The summed E-state index contributed by atoms with van der Waals surface area (Å²) < 4.78 is 0. The van der Waals surface area contributed by atoms with Crippen molar-refractivity contribution in [1.29, 1.82) is 0 Å². The molecule has 0 aliphatic carbocycles. The van der Waals surface area contributed by atoms with E-state index in [2.05, 4.69) is 22.2 Å². The van der Waals surface area contributed by atoms with Crippen LogP contribution in [0.5, 0.6) is 0 Å². The van der Waals surface area contributed by atoms with Gasteiger partial charge < -0.3 is 5.32 Å². The number of likely N-dealkylation sites (N-methyl/N-ethyl adjacent to an activating group) is 1. The van der Waals surface area contributed by atoms with E-state index < -0.39 is 0 Å². The molecule has 16 heavy (non-hydrogen) atoms. The van der Waals surface area contributed by atoms with Crippen LogP contribution in [-0.2, 0) is 6.54 Å². The fourth-order valence-electron chi connectivity index (χ4n) is 1.93. The zero-order chi connectivity index (χ0) is 10.7. The molecule has 0 unspecified atom stereocenters. The molecule has 1 aromatic heterocycles. The minimum atomic E-state index is 0. The van der Waals surface area contributed by atoms with Gasteiger partial charge in [0.05, 0.1) is 0 Å². The first-order chi connectivity index (χ1) is 7.25. The third-order valence-electron chi connectivity index (χ3n) is 2.88. The molecule has 90 valence electrons. The van der Waals surface area contributed by atoms with E-state index in [0.29, 0.717) is 11.2 Å². The van der Waals surface area contributed by atoms with Crippen LogP contribution in [0.15, 0.2) is 18.3 Å². The first kappa shape index (κ1) is 13.7. The van der Waals surface area contributed by atoms with Crippen LogP contribution in [0.1, 0.15) is 12.0 Å². The summed E-state index contributed by atoms with van der Waals surface area (Å²) in [6, 6.07) is 4.53. The van der Waals surface area contributed by atoms with Crippen LogP contribution in [0.2, 0.25) is 5.15 Å². The normalized spacial score (nSPS) is 19.8. The number of aromatic nitrogens is 1. The standard InChI is InChI=1S/C11H16ClN3.ClH/c1-15(10-4-5-13-7-10)8-9-2-3-11(12)14-6-9;/h2-3,6,10,13H,4-5,7-8H2,1H3;1H/t10-;/m1./s1. The van der Waals surface area contributed by atoms with Crippen LogP contribution in [0.3, 0.4) is 0 Å². The van der Waals surface area contributed by atoms with Gasteiger partial charge >= 0.3 is 0 Å². The van der Waals surface area contributed by atoms with Gasteiger partial charge in [-0.3, -0.25) is 4.90 Å². The van der Waals surface area contributed by atoms with Crippen molar-refractivity contribution in [2.75, 3.05) is 20.1 Å². The molecule has 1 aliphatic heterocycles. The molecule has 1 aromatic rings. The van der Waals surface area contributed by atoms with Crippen LogP contribution in [-0.4, -0.2) is 36.1 Å². The van der Waals surface area contributed by atoms with Crippen molar-refractivity contribution in [3.8, 4) is 0 Å². The van der Waals surface area contributed by atoms with Crippen LogP contribution >= 0.6 is 24.0 Å². The fourth-order valence-corrected chi connectivity index (χ4v) is 2.04. The minimum Gasteiger partial charge on any atom is -0.315 e. The summed E-state index contributed by atoms with van der Waals surface area (Å²) in [5, 5.41) is 3.93. The molecule has 0 amide bonds. The maximum atomic E-state index is 5.74. The van der Waals surface area contributed by atoms with Crippen LogP contribution in [0.4, 0.5) is 0 Å². The van der Waals surface area contributed by atoms with Crippen molar-refractivity contribution < 1.29 is 0 Å². The van der Waals surface area contributed by atoms with Gasteiger partial charge in [0.25, 0.3) is 0 Å². The average Bonchev–Trinajstić information content (AvgIpc) is 2.74. The maximum Gasteiger partial charge on any atom is 0.129 e. The van der Waals surface area contributed by atoms with E-state index in [1.807, 2.05) is 18.3 Å². The molecular weight excluding hydrogens is 245 g/mol. The van der Waals surface area contributed by atoms with E-state index in [-0.39, 0.29) is 12.4 Å². The SMILES string of the molecule is CN(Cc1ccc(Cl)nc1)[C@@H]1CCNC1.Cl. The van der Waals surface area contributed by atoms with Gasteiger partial charge in [0.1, 0.15) is 5.15 Å². The number of hydrogen-bond acceptors (Lipinski definition) is 3. The lowest BCUT2D eigenvalue weighted by molar-refractivity contribution is 0.248. The Morgan fingerprint density at radius 1 is 1.56 bits per heavy atom. The molecule has 1 atom stereocenters. The number of hydrogen-bond donors (Lipinski definition) is 1. The molecule has 0 bridgehead atoms. The Kier molecular flexibility index (Phi) is 5.49. The molecule has 1 saturated heterocycles. The van der Waals surface area contributed by atoms with Gasteiger partial charge in [-0.15, -0.1) is 12.4 Å². The Bertz CT molecular complexity index is 310. The van der Waals surface area contributed by atoms with Crippen LogP contribution in [0, 0.1) is 0 Å². The zero-order valence-corrected chi connectivity index (χ0v) is 10.9. The molecule has 1 fully saturated rings. The Morgan fingerprint density at radius 3 is 2.94 bits per heavy atom. The van der Waals surface area contributed by atoms with Crippen molar-refractivity contribution in [2.45, 2.75) is 19.0 Å². The molecule has 2 heterocycles. The monoisotopic (exact) mass is 261 g/mol. The van der Waals surface area contributed by atoms with Crippen molar-refractivity contribution in [2.24, 2.45) is 0 Å². The third kappa shape index (κ3) is 3.59. The van der Waals surface area contributed by atoms with Gasteiger partial charge in [0.15, 0.2) is 0 Å². The Hall–Kier alpha value is -0.350. The predicted molar refractivity (Wildman–Crippen MR) is 69.2 cm³/mol. The van der Waals surface area contributed by atoms with E-state index in [1.165, 1.54) is 12.0 Å². The topological polar surface area (TPSA) is 28.2 Å². The summed E-state index contributed by atoms with van der Waals surface area (Å²) in [7, 11) is 2.16. The molecule has 5 heteroatoms. The second-order valence-corrected chi connectivity index (χ2v) is 4.44. The maximum absolute atomic E-state index is 5.74. The molecule has 2 rings (SSSR count). The summed E-state index contributed by atoms with van der Waals surface area (Å²) >= 11 is 5.74. The van der Waals surface area contributed by atoms with Gasteiger partial charge in [-0.2, -0.15) is 0 Å². The number of nitrogens with one attached hydrogen (secondary N) is 1. The van der Waals surface area contributed by atoms with Gasteiger partial charge in [-0.05, 0) is 31.6 Å². The molecule has 0 aromatic carbocycles.